The molecule has 3 nitrogen and oxygen atoms in total. The first-order valence-corrected chi connectivity index (χ1v) is 7.98. The van der Waals surface area contributed by atoms with Gasteiger partial charge in [0.15, 0.2) is 0 Å². The molecule has 1 N–H and O–H groups in total. The smallest absolute Gasteiger partial charge is 0.341 e. The third-order valence-electron chi connectivity index (χ3n) is 4.30. The number of likely N-dealkylation sites (N-methyl/N-ethyl adjacent to an activating group) is 1. The molecular formula is C17H24ClF3N2O. The Bertz CT molecular complexity index is 537. The van der Waals surface area contributed by atoms with Crippen molar-refractivity contribution < 1.29 is 18.0 Å². The molecule has 7 heteroatoms. The molecule has 1 amide bonds. The number of aryl methyl sites for hydroxylation is 1. The fraction of sp³-hybridized carbons (Fsp3) is 0.588. The number of piperidine rings is 1. The molecule has 1 saturated heterocycles. The number of benzene rings is 1. The molecule has 1 aromatic rings. The van der Waals surface area contributed by atoms with Crippen LogP contribution in [0.3, 0.4) is 0 Å². The van der Waals surface area contributed by atoms with Gasteiger partial charge >= 0.3 is 6.18 Å². The van der Waals surface area contributed by atoms with Crippen molar-refractivity contribution in [2.45, 2.75) is 31.9 Å². The van der Waals surface area contributed by atoms with Gasteiger partial charge in [-0.05, 0) is 50.3 Å². The van der Waals surface area contributed by atoms with Crippen molar-refractivity contribution in [1.29, 1.82) is 0 Å². The molecule has 1 aromatic carbocycles. The van der Waals surface area contributed by atoms with E-state index in [0.29, 0.717) is 31.0 Å². The summed E-state index contributed by atoms with van der Waals surface area (Å²) in [6.45, 7) is 1.82. The fourth-order valence-electron chi connectivity index (χ4n) is 3.06. The highest BCUT2D eigenvalue weighted by Crippen LogP contribution is 2.30. The summed E-state index contributed by atoms with van der Waals surface area (Å²) in [7, 11) is 1.74. The number of carbonyl (C=O) groups is 1. The average Bonchev–Trinajstić information content (AvgIpc) is 2.53. The van der Waals surface area contributed by atoms with E-state index in [4.69, 9.17) is 0 Å². The summed E-state index contributed by atoms with van der Waals surface area (Å²) in [4.78, 5) is 13.8. The first kappa shape index (κ1) is 20.8. The number of nitrogens with zero attached hydrogens (tertiary/aromatic N) is 1. The molecule has 1 aliphatic rings. The van der Waals surface area contributed by atoms with Gasteiger partial charge < -0.3 is 10.2 Å². The highest BCUT2D eigenvalue weighted by atomic mass is 35.5. The van der Waals surface area contributed by atoms with Crippen molar-refractivity contribution in [3.63, 3.8) is 0 Å². The van der Waals surface area contributed by atoms with Gasteiger partial charge in [0.05, 0.1) is 12.1 Å². The topological polar surface area (TPSA) is 32.3 Å². The molecule has 2 rings (SSSR count). The summed E-state index contributed by atoms with van der Waals surface area (Å²) in [6.07, 6.45) is -0.879. The Balaban J connectivity index is 0.00000288. The molecule has 1 atom stereocenters. The first-order valence-electron chi connectivity index (χ1n) is 7.98. The average molecular weight is 365 g/mol. The van der Waals surface area contributed by atoms with Crippen molar-refractivity contribution in [2.24, 2.45) is 5.92 Å². The van der Waals surface area contributed by atoms with Crippen molar-refractivity contribution in [3.8, 4) is 0 Å². The van der Waals surface area contributed by atoms with Gasteiger partial charge in [0, 0.05) is 13.1 Å². The molecule has 0 radical (unpaired) electrons. The van der Waals surface area contributed by atoms with E-state index in [2.05, 4.69) is 5.32 Å². The van der Waals surface area contributed by atoms with E-state index < -0.39 is 11.7 Å². The molecule has 0 saturated carbocycles. The second-order valence-corrected chi connectivity index (χ2v) is 6.12. The predicted octanol–water partition coefficient (Wildman–Crippen LogP) is 3.52. The molecular weight excluding hydrogens is 341 g/mol. The van der Waals surface area contributed by atoms with Crippen LogP contribution < -0.4 is 5.32 Å². The van der Waals surface area contributed by atoms with Crippen LogP contribution >= 0.6 is 12.4 Å². The van der Waals surface area contributed by atoms with Crippen LogP contribution in [0.15, 0.2) is 24.3 Å². The Morgan fingerprint density at radius 2 is 2.12 bits per heavy atom. The number of rotatable bonds is 5. The summed E-state index contributed by atoms with van der Waals surface area (Å²) in [5.74, 6) is 0.454. The minimum Gasteiger partial charge on any atom is -0.341 e. The van der Waals surface area contributed by atoms with E-state index in [9.17, 15) is 18.0 Å². The van der Waals surface area contributed by atoms with Crippen LogP contribution in [0.25, 0.3) is 0 Å². The minimum atomic E-state index is -4.29. The minimum absolute atomic E-state index is 0. The highest BCUT2D eigenvalue weighted by Gasteiger charge is 2.30. The lowest BCUT2D eigenvalue weighted by Crippen LogP contribution is -2.43. The largest absolute Gasteiger partial charge is 0.416 e. The second kappa shape index (κ2) is 9.28. The monoisotopic (exact) mass is 364 g/mol. The Morgan fingerprint density at radius 3 is 2.79 bits per heavy atom. The zero-order chi connectivity index (χ0) is 16.9. The number of alkyl halides is 3. The van der Waals surface area contributed by atoms with E-state index >= 15 is 0 Å². The predicted molar refractivity (Wildman–Crippen MR) is 90.2 cm³/mol. The third-order valence-corrected chi connectivity index (χ3v) is 4.30. The van der Waals surface area contributed by atoms with Crippen molar-refractivity contribution in [3.05, 3.63) is 35.4 Å². The lowest BCUT2D eigenvalue weighted by Gasteiger charge is -2.33. The summed E-state index contributed by atoms with van der Waals surface area (Å²) in [5, 5.41) is 2.86. The molecule has 24 heavy (non-hydrogen) atoms. The van der Waals surface area contributed by atoms with Gasteiger partial charge in [0.2, 0.25) is 5.91 Å². The number of halogens is 4. The van der Waals surface area contributed by atoms with Crippen LogP contribution in [-0.4, -0.2) is 37.5 Å². The molecule has 1 heterocycles. The van der Waals surface area contributed by atoms with Gasteiger partial charge in [-0.3, -0.25) is 4.79 Å². The molecule has 0 aliphatic carbocycles. The number of hydrogen-bond acceptors (Lipinski definition) is 2. The van der Waals surface area contributed by atoms with Gasteiger partial charge in [0.1, 0.15) is 0 Å². The molecule has 1 unspecified atom stereocenters. The van der Waals surface area contributed by atoms with Crippen molar-refractivity contribution >= 4 is 18.3 Å². The highest BCUT2D eigenvalue weighted by molar-refractivity contribution is 5.85. The lowest BCUT2D eigenvalue weighted by molar-refractivity contribution is -0.137. The van der Waals surface area contributed by atoms with E-state index in [1.807, 2.05) is 4.90 Å². The molecule has 136 valence electrons. The van der Waals surface area contributed by atoms with Crippen LogP contribution in [0, 0.1) is 5.92 Å². The summed E-state index contributed by atoms with van der Waals surface area (Å²) >= 11 is 0. The van der Waals surface area contributed by atoms with Gasteiger partial charge in [0.25, 0.3) is 0 Å². The lowest BCUT2D eigenvalue weighted by atomic mass is 9.91. The first-order chi connectivity index (χ1) is 10.9. The SMILES string of the molecule is CNCC(=O)N1CCCC(CCc2cccc(C(F)(F)F)c2)C1.Cl. The van der Waals surface area contributed by atoms with E-state index in [-0.39, 0.29) is 18.3 Å². The van der Waals surface area contributed by atoms with E-state index in [1.165, 1.54) is 12.1 Å². The maximum Gasteiger partial charge on any atom is 0.416 e. The quantitative estimate of drug-likeness (QED) is 0.867. The van der Waals surface area contributed by atoms with Gasteiger partial charge in [-0.1, -0.05) is 18.2 Å². The maximum atomic E-state index is 12.7. The number of likely N-dealkylation sites (tertiary alicyclic amines) is 1. The van der Waals surface area contributed by atoms with Crippen LogP contribution in [0.5, 0.6) is 0 Å². The van der Waals surface area contributed by atoms with Gasteiger partial charge in [-0.2, -0.15) is 13.2 Å². The number of carbonyl (C=O) groups excluding carboxylic acids is 1. The second-order valence-electron chi connectivity index (χ2n) is 6.12. The van der Waals surface area contributed by atoms with Gasteiger partial charge in [-0.15, -0.1) is 12.4 Å². The van der Waals surface area contributed by atoms with Gasteiger partial charge in [-0.25, -0.2) is 0 Å². The van der Waals surface area contributed by atoms with Crippen LogP contribution in [0.1, 0.15) is 30.4 Å². The number of amides is 1. The normalized spacial score (nSPS) is 18.2. The maximum absolute atomic E-state index is 12.7. The van der Waals surface area contributed by atoms with Crippen LogP contribution in [0.4, 0.5) is 13.2 Å². The molecule has 0 spiro atoms. The van der Waals surface area contributed by atoms with Crippen LogP contribution in [0.2, 0.25) is 0 Å². The Labute approximate surface area is 147 Å². The van der Waals surface area contributed by atoms with Crippen LogP contribution in [-0.2, 0) is 17.4 Å². The van der Waals surface area contributed by atoms with Crippen molar-refractivity contribution in [2.75, 3.05) is 26.7 Å². The molecule has 0 bridgehead atoms. The standard InChI is InChI=1S/C17H23F3N2O.ClH/c1-21-11-16(23)22-9-3-5-14(12-22)8-7-13-4-2-6-15(10-13)17(18,19)20;/h2,4,6,10,14,21H,3,5,7-9,11-12H2,1H3;1H. The molecule has 1 fully saturated rings. The number of hydrogen-bond donors (Lipinski definition) is 1. The molecule has 0 aromatic heterocycles. The zero-order valence-electron chi connectivity index (χ0n) is 13.7. The summed E-state index contributed by atoms with van der Waals surface area (Å²) < 4.78 is 38.2. The fourth-order valence-corrected chi connectivity index (χ4v) is 3.06. The van der Waals surface area contributed by atoms with E-state index in [1.54, 1.807) is 13.1 Å². The van der Waals surface area contributed by atoms with E-state index in [0.717, 1.165) is 31.9 Å². The Kier molecular flexibility index (Phi) is 8.03. The summed E-state index contributed by atoms with van der Waals surface area (Å²) in [5.41, 5.74) is 0.114. The Morgan fingerprint density at radius 1 is 1.38 bits per heavy atom. The number of nitrogens with one attached hydrogen (secondary N) is 1. The zero-order valence-corrected chi connectivity index (χ0v) is 14.6. The third kappa shape index (κ3) is 5.98. The van der Waals surface area contributed by atoms with Crippen molar-refractivity contribution in [1.82, 2.24) is 10.2 Å². The Hall–Kier alpha value is -1.27. The molecule has 1 aliphatic heterocycles. The summed E-state index contributed by atoms with van der Waals surface area (Å²) in [6, 6.07) is 5.53.